The molecule has 0 heterocycles. The van der Waals surface area contributed by atoms with E-state index in [0.29, 0.717) is 0 Å². The third-order valence-electron chi connectivity index (χ3n) is 3.33. The molecular weight excluding hydrogens is 248 g/mol. The van der Waals surface area contributed by atoms with Crippen LogP contribution >= 0.6 is 0 Å². The number of ether oxygens (including phenoxy) is 1. The molecule has 1 rings (SSSR count). The van der Waals surface area contributed by atoms with Gasteiger partial charge in [-0.3, -0.25) is 14.9 Å². The van der Waals surface area contributed by atoms with Gasteiger partial charge in [-0.1, -0.05) is 0 Å². The van der Waals surface area contributed by atoms with E-state index in [1.165, 1.54) is 0 Å². The Bertz CT molecular complexity index is 323. The van der Waals surface area contributed by atoms with Crippen LogP contribution in [0.2, 0.25) is 0 Å². The van der Waals surface area contributed by atoms with E-state index in [0.717, 1.165) is 0 Å². The Balaban J connectivity index is 2.71. The number of nitro groups is 1. The second kappa shape index (κ2) is 5.58. The number of alkyl halides is 2. The van der Waals surface area contributed by atoms with Crippen LogP contribution in [0.1, 0.15) is 39.0 Å². The van der Waals surface area contributed by atoms with Crippen molar-refractivity contribution < 1.29 is 23.2 Å². The van der Waals surface area contributed by atoms with Crippen LogP contribution in [-0.2, 0) is 9.53 Å². The molecule has 0 amide bonds. The molecule has 7 heteroatoms. The van der Waals surface area contributed by atoms with Gasteiger partial charge in [-0.05, 0) is 19.8 Å². The smallest absolute Gasteiger partial charge is 0.306 e. The molecule has 0 aromatic rings. The molecule has 0 aliphatic heterocycles. The number of nitrogens with zero attached hydrogens (tertiary/aromatic N) is 1. The van der Waals surface area contributed by atoms with E-state index in [1.807, 2.05) is 0 Å². The van der Waals surface area contributed by atoms with Gasteiger partial charge in [-0.15, -0.1) is 0 Å². The van der Waals surface area contributed by atoms with Gasteiger partial charge in [-0.2, -0.15) is 0 Å². The lowest BCUT2D eigenvalue weighted by atomic mass is 9.70. The Morgan fingerprint density at radius 1 is 1.33 bits per heavy atom. The summed E-state index contributed by atoms with van der Waals surface area (Å²) in [5.41, 5.74) is -0.975. The average Bonchev–Trinajstić information content (AvgIpc) is 2.22. The molecular formula is C11H17F2NO4. The van der Waals surface area contributed by atoms with Crippen LogP contribution in [-0.4, -0.2) is 30.0 Å². The summed E-state index contributed by atoms with van der Waals surface area (Å²) >= 11 is 0. The number of halogens is 2. The van der Waals surface area contributed by atoms with Crippen molar-refractivity contribution in [3.05, 3.63) is 10.1 Å². The number of carbonyl (C=O) groups is 1. The van der Waals surface area contributed by atoms with E-state index in [4.69, 9.17) is 4.74 Å². The van der Waals surface area contributed by atoms with E-state index >= 15 is 0 Å². The van der Waals surface area contributed by atoms with Gasteiger partial charge in [-0.25, -0.2) is 8.78 Å². The molecule has 104 valence electrons. The molecule has 1 saturated carbocycles. The zero-order valence-corrected chi connectivity index (χ0v) is 10.3. The van der Waals surface area contributed by atoms with Gasteiger partial charge in [0, 0.05) is 23.2 Å². The molecule has 0 bridgehead atoms. The lowest BCUT2D eigenvalue weighted by Gasteiger charge is -2.36. The minimum atomic E-state index is -2.77. The van der Waals surface area contributed by atoms with Crippen LogP contribution in [0.25, 0.3) is 0 Å². The first-order valence-corrected chi connectivity index (χ1v) is 5.94. The van der Waals surface area contributed by atoms with Gasteiger partial charge in [0.25, 0.3) is 0 Å². The molecule has 0 saturated heterocycles. The Labute approximate surface area is 104 Å². The maximum absolute atomic E-state index is 13.1. The van der Waals surface area contributed by atoms with E-state index in [1.54, 1.807) is 6.92 Å². The lowest BCUT2D eigenvalue weighted by Crippen LogP contribution is -2.40. The largest absolute Gasteiger partial charge is 0.466 e. The first kappa shape index (κ1) is 14.8. The molecule has 0 aromatic carbocycles. The summed E-state index contributed by atoms with van der Waals surface area (Å²) in [5.74, 6) is -3.32. The maximum atomic E-state index is 13.1. The quantitative estimate of drug-likeness (QED) is 0.435. The van der Waals surface area contributed by atoms with Crippen molar-refractivity contribution in [3.8, 4) is 0 Å². The van der Waals surface area contributed by atoms with Crippen molar-refractivity contribution >= 4 is 5.97 Å². The minimum absolute atomic E-state index is 0.0141. The molecule has 1 fully saturated rings. The second-order valence-electron chi connectivity index (χ2n) is 4.83. The Hall–Kier alpha value is -1.27. The van der Waals surface area contributed by atoms with E-state index < -0.39 is 41.6 Å². The minimum Gasteiger partial charge on any atom is -0.466 e. The SMILES string of the molecule is CCOC(=O)CC1(C[N+](=O)[O-])CCC(F)(F)CC1. The van der Waals surface area contributed by atoms with Gasteiger partial charge < -0.3 is 4.74 Å². The Morgan fingerprint density at radius 3 is 2.33 bits per heavy atom. The Kier molecular flexibility index (Phi) is 4.59. The van der Waals surface area contributed by atoms with Crippen molar-refractivity contribution in [2.24, 2.45) is 5.41 Å². The number of carbonyl (C=O) groups excluding carboxylic acids is 1. The van der Waals surface area contributed by atoms with Gasteiger partial charge in [0.2, 0.25) is 12.5 Å². The van der Waals surface area contributed by atoms with Crippen LogP contribution in [0.4, 0.5) is 8.78 Å². The summed E-state index contributed by atoms with van der Waals surface area (Å²) in [6.45, 7) is 1.36. The zero-order valence-electron chi connectivity index (χ0n) is 10.3. The van der Waals surface area contributed by atoms with Crippen LogP contribution in [0.3, 0.4) is 0 Å². The molecule has 0 spiro atoms. The normalized spacial score (nSPS) is 21.3. The lowest BCUT2D eigenvalue weighted by molar-refractivity contribution is -0.499. The fourth-order valence-corrected chi connectivity index (χ4v) is 2.33. The molecule has 0 atom stereocenters. The predicted octanol–water partition coefficient (Wildman–Crippen LogP) is 2.41. The number of hydrogen-bond donors (Lipinski definition) is 0. The van der Waals surface area contributed by atoms with Gasteiger partial charge >= 0.3 is 5.97 Å². The first-order valence-electron chi connectivity index (χ1n) is 5.94. The fourth-order valence-electron chi connectivity index (χ4n) is 2.33. The van der Waals surface area contributed by atoms with E-state index in [2.05, 4.69) is 0 Å². The first-order chi connectivity index (χ1) is 8.29. The average molecular weight is 265 g/mol. The van der Waals surface area contributed by atoms with Gasteiger partial charge in [0.15, 0.2) is 0 Å². The van der Waals surface area contributed by atoms with Crippen molar-refractivity contribution in [2.75, 3.05) is 13.2 Å². The highest BCUT2D eigenvalue weighted by Crippen LogP contribution is 2.45. The standard InChI is InChI=1S/C11H17F2NO4/c1-2-18-9(15)7-10(8-14(16)17)3-5-11(12,13)6-4-10/h2-8H2,1H3. The molecule has 0 unspecified atom stereocenters. The summed E-state index contributed by atoms with van der Waals surface area (Å²) in [5, 5.41) is 10.6. The maximum Gasteiger partial charge on any atom is 0.306 e. The van der Waals surface area contributed by atoms with Crippen LogP contribution in [0, 0.1) is 15.5 Å². The van der Waals surface area contributed by atoms with Crippen molar-refractivity contribution in [2.45, 2.75) is 45.0 Å². The summed E-state index contributed by atoms with van der Waals surface area (Å²) in [6, 6.07) is 0. The molecule has 0 aromatic heterocycles. The fraction of sp³-hybridized carbons (Fsp3) is 0.909. The highest BCUT2D eigenvalue weighted by Gasteiger charge is 2.47. The van der Waals surface area contributed by atoms with Crippen LogP contribution < -0.4 is 0 Å². The molecule has 1 aliphatic carbocycles. The van der Waals surface area contributed by atoms with Crippen molar-refractivity contribution in [3.63, 3.8) is 0 Å². The molecule has 18 heavy (non-hydrogen) atoms. The highest BCUT2D eigenvalue weighted by molar-refractivity contribution is 5.70. The van der Waals surface area contributed by atoms with Gasteiger partial charge in [0.1, 0.15) is 0 Å². The predicted molar refractivity (Wildman–Crippen MR) is 59.0 cm³/mol. The summed E-state index contributed by atoms with van der Waals surface area (Å²) in [7, 11) is 0. The molecule has 5 nitrogen and oxygen atoms in total. The summed E-state index contributed by atoms with van der Waals surface area (Å²) in [6.07, 6.45) is -0.988. The van der Waals surface area contributed by atoms with Crippen molar-refractivity contribution in [1.82, 2.24) is 0 Å². The Morgan fingerprint density at radius 2 is 1.89 bits per heavy atom. The topological polar surface area (TPSA) is 69.4 Å². The number of esters is 1. The molecule has 1 aliphatic rings. The second-order valence-corrected chi connectivity index (χ2v) is 4.83. The monoisotopic (exact) mass is 265 g/mol. The number of rotatable bonds is 5. The number of hydrogen-bond acceptors (Lipinski definition) is 4. The van der Waals surface area contributed by atoms with Crippen LogP contribution in [0.5, 0.6) is 0 Å². The summed E-state index contributed by atoms with van der Waals surface area (Å²) < 4.78 is 30.9. The van der Waals surface area contributed by atoms with Crippen LogP contribution in [0.15, 0.2) is 0 Å². The summed E-state index contributed by atoms with van der Waals surface area (Å²) in [4.78, 5) is 21.5. The van der Waals surface area contributed by atoms with E-state index in [9.17, 15) is 23.7 Å². The highest BCUT2D eigenvalue weighted by atomic mass is 19.3. The van der Waals surface area contributed by atoms with Gasteiger partial charge in [0.05, 0.1) is 13.0 Å². The molecule has 0 radical (unpaired) electrons. The zero-order chi connectivity index (χ0) is 13.8. The van der Waals surface area contributed by atoms with E-state index in [-0.39, 0.29) is 25.9 Å². The third kappa shape index (κ3) is 4.19. The van der Waals surface area contributed by atoms with Crippen molar-refractivity contribution in [1.29, 1.82) is 0 Å². The third-order valence-corrected chi connectivity index (χ3v) is 3.33. The molecule has 0 N–H and O–H groups in total.